The van der Waals surface area contributed by atoms with Crippen molar-refractivity contribution in [2.45, 2.75) is 45.4 Å². The maximum atomic E-state index is 12.7. The van der Waals surface area contributed by atoms with E-state index in [1.165, 1.54) is 22.9 Å². The molecule has 2 heterocycles. The Kier molecular flexibility index (Phi) is 6.99. The number of hydrogen-bond donors (Lipinski definition) is 1. The minimum atomic E-state index is -0.0683. The number of benzene rings is 2. The van der Waals surface area contributed by atoms with Gasteiger partial charge in [-0.3, -0.25) is 9.36 Å². The number of amides is 1. The molecule has 2 aromatic heterocycles. The molecule has 1 N–H and O–H groups in total. The quantitative estimate of drug-likeness (QED) is 0.353. The number of nitrogens with zero attached hydrogens (tertiary/aromatic N) is 3. The predicted molar refractivity (Wildman–Crippen MR) is 131 cm³/mol. The van der Waals surface area contributed by atoms with Gasteiger partial charge in [0.05, 0.1) is 24.6 Å². The monoisotopic (exact) mass is 460 g/mol. The summed E-state index contributed by atoms with van der Waals surface area (Å²) in [6, 6.07) is 18.1. The van der Waals surface area contributed by atoms with Gasteiger partial charge in [-0.15, -0.1) is 10.2 Å². The molecule has 0 bridgehead atoms. The first-order valence-electron chi connectivity index (χ1n) is 10.9. The second kappa shape index (κ2) is 10.1. The molecule has 0 fully saturated rings. The maximum Gasteiger partial charge on any atom is 0.230 e. The van der Waals surface area contributed by atoms with Crippen molar-refractivity contribution >= 4 is 17.7 Å². The van der Waals surface area contributed by atoms with Crippen LogP contribution in [0.5, 0.6) is 0 Å². The molecule has 2 aromatic carbocycles. The standard InChI is InChI=1S/C26H28N4O2S/c1-17-7-5-8-22(13-17)25-28-29-26(30(25)15-23-9-6-12-32-23)33-16-24(31)27-20(4)21-11-10-18(2)19(3)14-21/h5-14,20H,15-16H2,1-4H3,(H,27,31). The number of nitrogens with one attached hydrogen (secondary N) is 1. The van der Waals surface area contributed by atoms with Crippen LogP contribution in [0.4, 0.5) is 0 Å². The van der Waals surface area contributed by atoms with Crippen molar-refractivity contribution < 1.29 is 9.21 Å². The number of furan rings is 1. The first-order chi connectivity index (χ1) is 15.9. The van der Waals surface area contributed by atoms with Crippen LogP contribution in [-0.4, -0.2) is 26.4 Å². The zero-order valence-corrected chi connectivity index (χ0v) is 20.1. The third kappa shape index (κ3) is 5.54. The fourth-order valence-electron chi connectivity index (χ4n) is 3.62. The highest BCUT2D eigenvalue weighted by molar-refractivity contribution is 7.99. The Morgan fingerprint density at radius 2 is 1.91 bits per heavy atom. The van der Waals surface area contributed by atoms with Gasteiger partial charge in [-0.05, 0) is 62.6 Å². The summed E-state index contributed by atoms with van der Waals surface area (Å²) in [6.07, 6.45) is 1.65. The lowest BCUT2D eigenvalue weighted by Gasteiger charge is -2.16. The van der Waals surface area contributed by atoms with Crippen LogP contribution in [0.1, 0.15) is 41.0 Å². The number of rotatable bonds is 8. The van der Waals surface area contributed by atoms with E-state index in [-0.39, 0.29) is 17.7 Å². The molecule has 6 nitrogen and oxygen atoms in total. The Labute approximate surface area is 198 Å². The average Bonchev–Trinajstić information content (AvgIpc) is 3.44. The van der Waals surface area contributed by atoms with Crippen molar-refractivity contribution in [2.24, 2.45) is 0 Å². The first kappa shape index (κ1) is 22.9. The van der Waals surface area contributed by atoms with Gasteiger partial charge in [0.25, 0.3) is 0 Å². The molecule has 1 atom stereocenters. The molecule has 0 saturated heterocycles. The summed E-state index contributed by atoms with van der Waals surface area (Å²) in [6.45, 7) is 8.71. The van der Waals surface area contributed by atoms with E-state index in [1.807, 2.05) is 48.7 Å². The van der Waals surface area contributed by atoms with Gasteiger partial charge in [-0.25, -0.2) is 0 Å². The summed E-state index contributed by atoms with van der Waals surface area (Å²) in [7, 11) is 0. The molecule has 0 aliphatic rings. The van der Waals surface area contributed by atoms with Crippen LogP contribution in [0, 0.1) is 20.8 Å². The van der Waals surface area contributed by atoms with Gasteiger partial charge in [0, 0.05) is 5.56 Å². The van der Waals surface area contributed by atoms with E-state index >= 15 is 0 Å². The van der Waals surface area contributed by atoms with E-state index in [2.05, 4.69) is 53.6 Å². The van der Waals surface area contributed by atoms with Crippen LogP contribution in [0.15, 0.2) is 70.4 Å². The summed E-state index contributed by atoms with van der Waals surface area (Å²) in [5, 5.41) is 12.6. The Bertz CT molecular complexity index is 1250. The lowest BCUT2D eigenvalue weighted by atomic mass is 10.0. The van der Waals surface area contributed by atoms with Crippen LogP contribution in [0.3, 0.4) is 0 Å². The molecule has 0 aliphatic heterocycles. The van der Waals surface area contributed by atoms with Crippen LogP contribution in [0.2, 0.25) is 0 Å². The summed E-state index contributed by atoms with van der Waals surface area (Å²) in [4.78, 5) is 12.7. The third-order valence-corrected chi connectivity index (χ3v) is 6.59. The van der Waals surface area contributed by atoms with Gasteiger partial charge < -0.3 is 9.73 Å². The Morgan fingerprint density at radius 3 is 2.64 bits per heavy atom. The highest BCUT2D eigenvalue weighted by Gasteiger charge is 2.18. The van der Waals surface area contributed by atoms with Crippen LogP contribution in [-0.2, 0) is 11.3 Å². The van der Waals surface area contributed by atoms with Gasteiger partial charge in [0.2, 0.25) is 5.91 Å². The molecule has 7 heteroatoms. The maximum absolute atomic E-state index is 12.7. The van der Waals surface area contributed by atoms with Crippen LogP contribution < -0.4 is 5.32 Å². The van der Waals surface area contributed by atoms with Gasteiger partial charge in [-0.2, -0.15) is 0 Å². The van der Waals surface area contributed by atoms with E-state index in [4.69, 9.17) is 4.42 Å². The molecule has 0 radical (unpaired) electrons. The van der Waals surface area contributed by atoms with E-state index in [0.717, 1.165) is 28.3 Å². The first-order valence-corrected chi connectivity index (χ1v) is 11.9. The number of aromatic nitrogens is 3. The van der Waals surface area contributed by atoms with Gasteiger partial charge in [0.15, 0.2) is 11.0 Å². The summed E-state index contributed by atoms with van der Waals surface area (Å²) in [5.41, 5.74) is 5.69. The highest BCUT2D eigenvalue weighted by Crippen LogP contribution is 2.26. The molecule has 170 valence electrons. The minimum absolute atomic E-state index is 0.0459. The Hall–Kier alpha value is -3.32. The Morgan fingerprint density at radius 1 is 1.06 bits per heavy atom. The van der Waals surface area contributed by atoms with Gasteiger partial charge >= 0.3 is 0 Å². The molecule has 0 spiro atoms. The second-order valence-electron chi connectivity index (χ2n) is 8.26. The molecule has 4 aromatic rings. The summed E-state index contributed by atoms with van der Waals surface area (Å²) in [5.74, 6) is 1.76. The fourth-order valence-corrected chi connectivity index (χ4v) is 4.37. The number of carbonyl (C=O) groups excluding carboxylic acids is 1. The second-order valence-corrected chi connectivity index (χ2v) is 9.21. The summed E-state index contributed by atoms with van der Waals surface area (Å²) >= 11 is 1.38. The number of thioether (sulfide) groups is 1. The van der Waals surface area contributed by atoms with E-state index < -0.39 is 0 Å². The average molecular weight is 461 g/mol. The molecule has 0 saturated carbocycles. The molecule has 4 rings (SSSR count). The molecule has 1 amide bonds. The van der Waals surface area contributed by atoms with E-state index in [9.17, 15) is 4.79 Å². The zero-order chi connectivity index (χ0) is 23.4. The highest BCUT2D eigenvalue weighted by atomic mass is 32.2. The minimum Gasteiger partial charge on any atom is -0.467 e. The predicted octanol–water partition coefficient (Wildman–Crippen LogP) is 5.48. The van der Waals surface area contributed by atoms with Crippen molar-refractivity contribution in [3.05, 3.63) is 88.9 Å². The molecule has 33 heavy (non-hydrogen) atoms. The number of carbonyl (C=O) groups is 1. The van der Waals surface area contributed by atoms with E-state index in [0.29, 0.717) is 11.7 Å². The van der Waals surface area contributed by atoms with Crippen molar-refractivity contribution in [1.29, 1.82) is 0 Å². The largest absolute Gasteiger partial charge is 0.467 e. The summed E-state index contributed by atoms with van der Waals surface area (Å²) < 4.78 is 7.56. The zero-order valence-electron chi connectivity index (χ0n) is 19.3. The van der Waals surface area contributed by atoms with Gasteiger partial charge in [-0.1, -0.05) is 53.7 Å². The molecule has 1 unspecified atom stereocenters. The number of hydrogen-bond acceptors (Lipinski definition) is 5. The number of aryl methyl sites for hydroxylation is 3. The van der Waals surface area contributed by atoms with Crippen molar-refractivity contribution in [3.8, 4) is 11.4 Å². The van der Waals surface area contributed by atoms with Crippen molar-refractivity contribution in [2.75, 3.05) is 5.75 Å². The third-order valence-electron chi connectivity index (χ3n) is 5.63. The lowest BCUT2D eigenvalue weighted by molar-refractivity contribution is -0.119. The van der Waals surface area contributed by atoms with Crippen LogP contribution in [0.25, 0.3) is 11.4 Å². The Balaban J connectivity index is 1.49. The fraction of sp³-hybridized carbons (Fsp3) is 0.269. The lowest BCUT2D eigenvalue weighted by Crippen LogP contribution is -2.28. The van der Waals surface area contributed by atoms with Gasteiger partial charge in [0.1, 0.15) is 5.76 Å². The van der Waals surface area contributed by atoms with Crippen LogP contribution >= 0.6 is 11.8 Å². The molecule has 0 aliphatic carbocycles. The van der Waals surface area contributed by atoms with E-state index in [1.54, 1.807) is 6.26 Å². The molecular formula is C26H28N4O2S. The SMILES string of the molecule is Cc1cccc(-c2nnc(SCC(=O)NC(C)c3ccc(C)c(C)c3)n2Cc2ccco2)c1. The molecular weight excluding hydrogens is 432 g/mol. The topological polar surface area (TPSA) is 73.0 Å². The van der Waals surface area contributed by atoms with Crippen molar-refractivity contribution in [1.82, 2.24) is 20.1 Å². The smallest absolute Gasteiger partial charge is 0.230 e. The normalized spacial score (nSPS) is 12.0. The van der Waals surface area contributed by atoms with Crippen molar-refractivity contribution in [3.63, 3.8) is 0 Å².